The smallest absolute Gasteiger partial charge is 0.329 e. The Morgan fingerprint density at radius 1 is 1.39 bits per heavy atom. The molecule has 0 spiro atoms. The summed E-state index contributed by atoms with van der Waals surface area (Å²) >= 11 is 0. The molecule has 5 nitrogen and oxygen atoms in total. The molecule has 1 aliphatic carbocycles. The van der Waals surface area contributed by atoms with Gasteiger partial charge in [-0.3, -0.25) is 4.57 Å². The van der Waals surface area contributed by atoms with Gasteiger partial charge in [0.1, 0.15) is 17.2 Å². The topological polar surface area (TPSA) is 68.0 Å². The van der Waals surface area contributed by atoms with Gasteiger partial charge in [-0.25, -0.2) is 4.79 Å². The first kappa shape index (κ1) is 13.1. The standard InChI is InChI=1S/C13H21N3O2/c1-9-14-15-10(8-12(2,3)4)16(9)13(11(17)18)6-5-7-13/h5-8H2,1-4H3,(H,17,18). The Kier molecular flexibility index (Phi) is 2.95. The third kappa shape index (κ3) is 2.02. The number of rotatable bonds is 3. The predicted molar refractivity (Wildman–Crippen MR) is 67.4 cm³/mol. The molecule has 1 N–H and O–H groups in total. The molecule has 100 valence electrons. The Balaban J connectivity index is 2.44. The molecular weight excluding hydrogens is 230 g/mol. The molecule has 0 radical (unpaired) electrons. The van der Waals surface area contributed by atoms with Crippen LogP contribution in [0.4, 0.5) is 0 Å². The van der Waals surface area contributed by atoms with Crippen LogP contribution in [-0.4, -0.2) is 25.8 Å². The van der Waals surface area contributed by atoms with Crippen molar-refractivity contribution in [2.75, 3.05) is 0 Å². The minimum Gasteiger partial charge on any atom is -0.479 e. The van der Waals surface area contributed by atoms with E-state index in [0.29, 0.717) is 18.7 Å². The number of hydrogen-bond donors (Lipinski definition) is 1. The van der Waals surface area contributed by atoms with Crippen molar-refractivity contribution >= 4 is 5.97 Å². The first-order valence-corrected chi connectivity index (χ1v) is 6.41. The zero-order chi connectivity index (χ0) is 13.6. The van der Waals surface area contributed by atoms with E-state index in [2.05, 4.69) is 31.0 Å². The van der Waals surface area contributed by atoms with Crippen LogP contribution in [-0.2, 0) is 16.8 Å². The maximum atomic E-state index is 11.6. The Bertz CT molecular complexity index is 467. The van der Waals surface area contributed by atoms with Gasteiger partial charge in [-0.2, -0.15) is 0 Å². The second-order valence-corrected chi connectivity index (χ2v) is 6.43. The van der Waals surface area contributed by atoms with Gasteiger partial charge in [0.25, 0.3) is 0 Å². The van der Waals surface area contributed by atoms with Crippen molar-refractivity contribution in [3.8, 4) is 0 Å². The van der Waals surface area contributed by atoms with Crippen LogP contribution in [0.5, 0.6) is 0 Å². The van der Waals surface area contributed by atoms with Crippen molar-refractivity contribution in [3.05, 3.63) is 11.6 Å². The van der Waals surface area contributed by atoms with Crippen molar-refractivity contribution in [1.82, 2.24) is 14.8 Å². The van der Waals surface area contributed by atoms with E-state index < -0.39 is 11.5 Å². The monoisotopic (exact) mass is 251 g/mol. The van der Waals surface area contributed by atoms with Crippen molar-refractivity contribution in [3.63, 3.8) is 0 Å². The molecule has 0 atom stereocenters. The van der Waals surface area contributed by atoms with Gasteiger partial charge < -0.3 is 5.11 Å². The zero-order valence-electron chi connectivity index (χ0n) is 11.5. The number of carbonyl (C=O) groups is 1. The van der Waals surface area contributed by atoms with Crippen LogP contribution in [0.2, 0.25) is 0 Å². The quantitative estimate of drug-likeness (QED) is 0.893. The zero-order valence-corrected chi connectivity index (χ0v) is 11.5. The lowest BCUT2D eigenvalue weighted by atomic mass is 9.76. The SMILES string of the molecule is Cc1nnc(CC(C)(C)C)n1C1(C(=O)O)CCC1. The van der Waals surface area contributed by atoms with Gasteiger partial charge in [0.2, 0.25) is 0 Å². The van der Waals surface area contributed by atoms with Crippen molar-refractivity contribution in [2.45, 2.75) is 58.9 Å². The molecule has 2 rings (SSSR count). The molecule has 1 saturated carbocycles. The third-order valence-electron chi connectivity index (χ3n) is 3.59. The molecule has 5 heteroatoms. The summed E-state index contributed by atoms with van der Waals surface area (Å²) in [7, 11) is 0. The number of aliphatic carboxylic acids is 1. The molecule has 1 aromatic rings. The number of aryl methyl sites for hydroxylation is 1. The highest BCUT2D eigenvalue weighted by atomic mass is 16.4. The molecule has 0 saturated heterocycles. The van der Waals surface area contributed by atoms with Crippen LogP contribution in [0.15, 0.2) is 0 Å². The van der Waals surface area contributed by atoms with Crippen LogP contribution >= 0.6 is 0 Å². The summed E-state index contributed by atoms with van der Waals surface area (Å²) in [5.74, 6) is 0.741. The molecule has 18 heavy (non-hydrogen) atoms. The minimum absolute atomic E-state index is 0.0701. The maximum Gasteiger partial charge on any atom is 0.329 e. The molecule has 0 amide bonds. The van der Waals surface area contributed by atoms with Crippen LogP contribution < -0.4 is 0 Å². The van der Waals surface area contributed by atoms with E-state index in [1.165, 1.54) is 0 Å². The number of nitrogens with zero attached hydrogens (tertiary/aromatic N) is 3. The lowest BCUT2D eigenvalue weighted by Gasteiger charge is -2.40. The van der Waals surface area contributed by atoms with Crippen molar-refractivity contribution in [2.24, 2.45) is 5.41 Å². The lowest BCUT2D eigenvalue weighted by Crippen LogP contribution is -2.49. The van der Waals surface area contributed by atoms with Gasteiger partial charge >= 0.3 is 5.97 Å². The van der Waals surface area contributed by atoms with Crippen molar-refractivity contribution < 1.29 is 9.90 Å². The summed E-state index contributed by atoms with van der Waals surface area (Å²) in [5, 5.41) is 17.8. The highest BCUT2D eigenvalue weighted by molar-refractivity contribution is 5.78. The minimum atomic E-state index is -0.797. The summed E-state index contributed by atoms with van der Waals surface area (Å²) < 4.78 is 1.85. The number of carboxylic acid groups (broad SMARTS) is 1. The van der Waals surface area contributed by atoms with Gasteiger partial charge in [0.15, 0.2) is 0 Å². The highest BCUT2D eigenvalue weighted by Gasteiger charge is 2.48. The van der Waals surface area contributed by atoms with Gasteiger partial charge in [-0.15, -0.1) is 10.2 Å². The van der Waals surface area contributed by atoms with E-state index in [0.717, 1.165) is 18.7 Å². The third-order valence-corrected chi connectivity index (χ3v) is 3.59. The fourth-order valence-corrected chi connectivity index (χ4v) is 2.60. The van der Waals surface area contributed by atoms with Gasteiger partial charge in [0, 0.05) is 6.42 Å². The van der Waals surface area contributed by atoms with Crippen LogP contribution in [0.25, 0.3) is 0 Å². The Morgan fingerprint density at radius 3 is 2.39 bits per heavy atom. The molecule has 1 heterocycles. The second kappa shape index (κ2) is 4.07. The van der Waals surface area contributed by atoms with E-state index in [1.54, 1.807) is 0 Å². The van der Waals surface area contributed by atoms with E-state index in [4.69, 9.17) is 0 Å². The van der Waals surface area contributed by atoms with Crippen LogP contribution in [0.1, 0.15) is 51.7 Å². The van der Waals surface area contributed by atoms with Crippen molar-refractivity contribution in [1.29, 1.82) is 0 Å². The Labute approximate surface area is 107 Å². The molecule has 0 bridgehead atoms. The maximum absolute atomic E-state index is 11.6. The Morgan fingerprint density at radius 2 is 2.00 bits per heavy atom. The first-order chi connectivity index (χ1) is 8.26. The fraction of sp³-hybridized carbons (Fsp3) is 0.769. The average Bonchev–Trinajstić information content (AvgIpc) is 2.45. The summed E-state index contributed by atoms with van der Waals surface area (Å²) in [5.41, 5.74) is -0.727. The number of hydrogen-bond acceptors (Lipinski definition) is 3. The molecular formula is C13H21N3O2. The summed E-state index contributed by atoms with van der Waals surface area (Å²) in [4.78, 5) is 11.6. The fourth-order valence-electron chi connectivity index (χ4n) is 2.60. The molecule has 1 aliphatic rings. The van der Waals surface area contributed by atoms with Gasteiger partial charge in [-0.1, -0.05) is 20.8 Å². The first-order valence-electron chi connectivity index (χ1n) is 6.41. The summed E-state index contributed by atoms with van der Waals surface area (Å²) in [6.07, 6.45) is 3.05. The van der Waals surface area contributed by atoms with Crippen LogP contribution in [0.3, 0.4) is 0 Å². The summed E-state index contributed by atoms with van der Waals surface area (Å²) in [6.45, 7) is 8.20. The van der Waals surface area contributed by atoms with E-state index in [-0.39, 0.29) is 5.41 Å². The van der Waals surface area contributed by atoms with E-state index in [1.807, 2.05) is 11.5 Å². The largest absolute Gasteiger partial charge is 0.479 e. The molecule has 0 aliphatic heterocycles. The van der Waals surface area contributed by atoms with E-state index in [9.17, 15) is 9.90 Å². The Hall–Kier alpha value is -1.39. The van der Waals surface area contributed by atoms with E-state index >= 15 is 0 Å². The molecule has 1 aromatic heterocycles. The molecule has 0 unspecified atom stereocenters. The normalized spacial score (nSPS) is 18.4. The van der Waals surface area contributed by atoms with Gasteiger partial charge in [0.05, 0.1) is 0 Å². The number of carboxylic acids is 1. The lowest BCUT2D eigenvalue weighted by molar-refractivity contribution is -0.152. The molecule has 0 aromatic carbocycles. The summed E-state index contributed by atoms with van der Waals surface area (Å²) in [6, 6.07) is 0. The predicted octanol–water partition coefficient (Wildman–Crippen LogP) is 2.14. The second-order valence-electron chi connectivity index (χ2n) is 6.43. The van der Waals surface area contributed by atoms with Crippen LogP contribution in [0, 0.1) is 12.3 Å². The average molecular weight is 251 g/mol. The number of aromatic nitrogens is 3. The van der Waals surface area contributed by atoms with Gasteiger partial charge in [-0.05, 0) is 31.6 Å². The molecule has 1 fully saturated rings. The highest BCUT2D eigenvalue weighted by Crippen LogP contribution is 2.41.